The number of hydrogen-bond acceptors (Lipinski definition) is 5. The maximum Gasteiger partial charge on any atom is 0.226 e. The lowest BCUT2D eigenvalue weighted by Gasteiger charge is -2.38. The minimum atomic E-state index is 0.0879. The van der Waals surface area contributed by atoms with Crippen LogP contribution in [0.3, 0.4) is 0 Å². The summed E-state index contributed by atoms with van der Waals surface area (Å²) < 4.78 is 1.10. The van der Waals surface area contributed by atoms with Crippen LogP contribution in [0.4, 0.5) is 5.82 Å². The fourth-order valence-electron chi connectivity index (χ4n) is 2.02. The van der Waals surface area contributed by atoms with Crippen LogP contribution in [0, 0.1) is 5.92 Å². The first-order valence-electron chi connectivity index (χ1n) is 5.44. The highest BCUT2D eigenvalue weighted by molar-refractivity contribution is 7.17. The Morgan fingerprint density at radius 1 is 1.53 bits per heavy atom. The summed E-state index contributed by atoms with van der Waals surface area (Å²) in [5.41, 5.74) is 0.975. The second kappa shape index (κ2) is 3.96. The van der Waals surface area contributed by atoms with Crippen molar-refractivity contribution >= 4 is 33.3 Å². The van der Waals surface area contributed by atoms with E-state index in [4.69, 9.17) is 0 Å². The summed E-state index contributed by atoms with van der Waals surface area (Å²) in [6.07, 6.45) is 1.58. The van der Waals surface area contributed by atoms with Gasteiger partial charge in [0, 0.05) is 20.1 Å². The van der Waals surface area contributed by atoms with Crippen molar-refractivity contribution in [3.05, 3.63) is 17.8 Å². The van der Waals surface area contributed by atoms with Crippen LogP contribution >= 0.6 is 11.3 Å². The van der Waals surface area contributed by atoms with Crippen LogP contribution in [0.5, 0.6) is 0 Å². The van der Waals surface area contributed by atoms with E-state index < -0.39 is 0 Å². The molecule has 1 fully saturated rings. The third-order valence-electron chi connectivity index (χ3n) is 3.02. The van der Waals surface area contributed by atoms with E-state index in [-0.39, 0.29) is 11.8 Å². The Balaban J connectivity index is 1.83. The molecule has 3 heterocycles. The smallest absolute Gasteiger partial charge is 0.226 e. The standard InChI is InChI=1S/C11H12N4OS/c1-12-11(16)7-4-15(5-7)10-9-8(2-3-17-9)13-6-14-10/h2-3,6-7H,4-5H2,1H3,(H,12,16). The van der Waals surface area contributed by atoms with Crippen molar-refractivity contribution in [3.8, 4) is 0 Å². The second-order valence-corrected chi connectivity index (χ2v) is 4.96. The molecule has 3 rings (SSSR count). The number of carbonyl (C=O) groups excluding carboxylic acids is 1. The zero-order valence-electron chi connectivity index (χ0n) is 9.38. The molecular formula is C11H12N4OS. The Kier molecular flexibility index (Phi) is 2.44. The van der Waals surface area contributed by atoms with Crippen molar-refractivity contribution in [2.24, 2.45) is 5.92 Å². The van der Waals surface area contributed by atoms with Crippen molar-refractivity contribution < 1.29 is 4.79 Å². The number of amides is 1. The van der Waals surface area contributed by atoms with E-state index in [1.54, 1.807) is 24.7 Å². The molecule has 1 N–H and O–H groups in total. The van der Waals surface area contributed by atoms with Gasteiger partial charge in [-0.15, -0.1) is 11.3 Å². The van der Waals surface area contributed by atoms with Crippen molar-refractivity contribution in [1.29, 1.82) is 0 Å². The van der Waals surface area contributed by atoms with Gasteiger partial charge in [0.25, 0.3) is 0 Å². The highest BCUT2D eigenvalue weighted by Crippen LogP contribution is 2.31. The van der Waals surface area contributed by atoms with Crippen LogP contribution in [0.15, 0.2) is 17.8 Å². The van der Waals surface area contributed by atoms with E-state index in [0.29, 0.717) is 0 Å². The molecule has 0 aromatic carbocycles. The lowest BCUT2D eigenvalue weighted by Crippen LogP contribution is -2.53. The zero-order chi connectivity index (χ0) is 11.8. The van der Waals surface area contributed by atoms with Crippen molar-refractivity contribution in [1.82, 2.24) is 15.3 Å². The Bertz CT molecular complexity index is 561. The van der Waals surface area contributed by atoms with Crippen LogP contribution in [-0.2, 0) is 4.79 Å². The average Bonchev–Trinajstić information content (AvgIpc) is 2.75. The molecule has 0 aliphatic carbocycles. The van der Waals surface area contributed by atoms with Gasteiger partial charge in [0.15, 0.2) is 0 Å². The second-order valence-electron chi connectivity index (χ2n) is 4.05. The number of hydrogen-bond donors (Lipinski definition) is 1. The molecule has 88 valence electrons. The number of thiophene rings is 1. The molecule has 0 bridgehead atoms. The molecule has 1 aliphatic rings. The van der Waals surface area contributed by atoms with Gasteiger partial charge in [0.1, 0.15) is 12.1 Å². The highest BCUT2D eigenvalue weighted by atomic mass is 32.1. The van der Waals surface area contributed by atoms with Gasteiger partial charge in [0.05, 0.1) is 16.1 Å². The largest absolute Gasteiger partial charge is 0.359 e. The van der Waals surface area contributed by atoms with E-state index in [2.05, 4.69) is 20.2 Å². The van der Waals surface area contributed by atoms with E-state index in [1.165, 1.54) is 0 Å². The fraction of sp³-hybridized carbons (Fsp3) is 0.364. The minimum Gasteiger partial charge on any atom is -0.359 e. The van der Waals surface area contributed by atoms with E-state index in [9.17, 15) is 4.79 Å². The number of rotatable bonds is 2. The molecule has 5 nitrogen and oxygen atoms in total. The van der Waals surface area contributed by atoms with Gasteiger partial charge in [-0.3, -0.25) is 4.79 Å². The monoisotopic (exact) mass is 248 g/mol. The van der Waals surface area contributed by atoms with Crippen molar-refractivity contribution in [2.75, 3.05) is 25.0 Å². The van der Waals surface area contributed by atoms with Gasteiger partial charge in [-0.2, -0.15) is 0 Å². The molecular weight excluding hydrogens is 236 g/mol. The molecule has 2 aromatic heterocycles. The quantitative estimate of drug-likeness (QED) is 0.857. The third-order valence-corrected chi connectivity index (χ3v) is 3.92. The first-order chi connectivity index (χ1) is 8.29. The van der Waals surface area contributed by atoms with E-state index in [0.717, 1.165) is 29.1 Å². The Morgan fingerprint density at radius 3 is 3.12 bits per heavy atom. The van der Waals surface area contributed by atoms with Gasteiger partial charge < -0.3 is 10.2 Å². The number of aromatic nitrogens is 2. The number of carbonyl (C=O) groups is 1. The summed E-state index contributed by atoms with van der Waals surface area (Å²) >= 11 is 1.64. The van der Waals surface area contributed by atoms with Crippen molar-refractivity contribution in [2.45, 2.75) is 0 Å². The van der Waals surface area contributed by atoms with Crippen LogP contribution in [0.25, 0.3) is 10.2 Å². The Hall–Kier alpha value is -1.69. The molecule has 2 aromatic rings. The number of anilines is 1. The normalized spacial score (nSPS) is 15.9. The van der Waals surface area contributed by atoms with Gasteiger partial charge in [-0.25, -0.2) is 9.97 Å². The predicted molar refractivity (Wildman–Crippen MR) is 67.2 cm³/mol. The van der Waals surface area contributed by atoms with Crippen LogP contribution in [0.1, 0.15) is 0 Å². The molecule has 0 atom stereocenters. The van der Waals surface area contributed by atoms with Gasteiger partial charge in [-0.05, 0) is 11.4 Å². The maximum absolute atomic E-state index is 11.4. The van der Waals surface area contributed by atoms with Gasteiger partial charge >= 0.3 is 0 Å². The molecule has 0 saturated carbocycles. The molecule has 0 radical (unpaired) electrons. The molecule has 6 heteroatoms. The van der Waals surface area contributed by atoms with Crippen LogP contribution < -0.4 is 10.2 Å². The summed E-state index contributed by atoms with van der Waals surface area (Å²) in [6, 6.07) is 1.99. The summed E-state index contributed by atoms with van der Waals surface area (Å²) in [5.74, 6) is 1.15. The fourth-order valence-corrected chi connectivity index (χ4v) is 2.88. The molecule has 17 heavy (non-hydrogen) atoms. The zero-order valence-corrected chi connectivity index (χ0v) is 10.2. The minimum absolute atomic E-state index is 0.0879. The summed E-state index contributed by atoms with van der Waals surface area (Å²) in [7, 11) is 1.67. The maximum atomic E-state index is 11.4. The van der Waals surface area contributed by atoms with Gasteiger partial charge in [-0.1, -0.05) is 0 Å². The van der Waals surface area contributed by atoms with Crippen LogP contribution in [0.2, 0.25) is 0 Å². The summed E-state index contributed by atoms with van der Waals surface area (Å²) in [6.45, 7) is 1.48. The SMILES string of the molecule is CNC(=O)C1CN(c2ncnc3ccsc23)C1. The molecule has 0 spiro atoms. The van der Waals surface area contributed by atoms with Gasteiger partial charge in [0.2, 0.25) is 5.91 Å². The lowest BCUT2D eigenvalue weighted by molar-refractivity contribution is -0.125. The number of nitrogens with one attached hydrogen (secondary N) is 1. The predicted octanol–water partition coefficient (Wildman–Crippen LogP) is 0.873. The summed E-state index contributed by atoms with van der Waals surface area (Å²) in [5, 5.41) is 4.69. The third kappa shape index (κ3) is 1.64. The first kappa shape index (κ1) is 10.5. The molecule has 0 unspecified atom stereocenters. The Labute approximate surface area is 102 Å². The molecule has 1 saturated heterocycles. The Morgan fingerprint density at radius 2 is 2.35 bits per heavy atom. The summed E-state index contributed by atoms with van der Waals surface area (Å²) in [4.78, 5) is 22.1. The number of nitrogens with zero attached hydrogens (tertiary/aromatic N) is 3. The van der Waals surface area contributed by atoms with Crippen LogP contribution in [-0.4, -0.2) is 36.0 Å². The lowest BCUT2D eigenvalue weighted by atomic mass is 9.99. The molecule has 1 aliphatic heterocycles. The van der Waals surface area contributed by atoms with E-state index in [1.807, 2.05) is 11.4 Å². The molecule has 1 amide bonds. The average molecular weight is 248 g/mol. The first-order valence-corrected chi connectivity index (χ1v) is 6.32. The topological polar surface area (TPSA) is 58.1 Å². The number of fused-ring (bicyclic) bond motifs is 1. The van der Waals surface area contributed by atoms with E-state index >= 15 is 0 Å². The highest BCUT2D eigenvalue weighted by Gasteiger charge is 2.33. The van der Waals surface area contributed by atoms with Crippen molar-refractivity contribution in [3.63, 3.8) is 0 Å².